The second-order valence-corrected chi connectivity index (χ2v) is 5.53. The number of hydrogen-bond donors (Lipinski definition) is 1. The minimum Gasteiger partial charge on any atom is -0.464 e. The summed E-state index contributed by atoms with van der Waals surface area (Å²) in [6, 6.07) is 0. The van der Waals surface area contributed by atoms with Crippen LogP contribution in [-0.4, -0.2) is 25.0 Å². The third-order valence-electron chi connectivity index (χ3n) is 3.56. The number of rotatable bonds is 5. The summed E-state index contributed by atoms with van der Waals surface area (Å²) in [6.45, 7) is 12.1. The lowest BCUT2D eigenvalue weighted by atomic mass is 9.65. The smallest absolute Gasteiger partial charge is 0.302 e. The second kappa shape index (κ2) is 6.03. The lowest BCUT2D eigenvalue weighted by Gasteiger charge is -2.39. The van der Waals surface area contributed by atoms with Crippen LogP contribution < -0.4 is 5.32 Å². The van der Waals surface area contributed by atoms with E-state index in [9.17, 15) is 9.59 Å². The fraction of sp³-hybridized carbons (Fsp3) is 0.846. The van der Waals surface area contributed by atoms with Gasteiger partial charge in [-0.25, -0.2) is 0 Å². The van der Waals surface area contributed by atoms with E-state index in [4.69, 9.17) is 4.74 Å². The molecule has 0 aliphatic carbocycles. The first kappa shape index (κ1) is 15.9. The number of amides is 1. The van der Waals surface area contributed by atoms with Gasteiger partial charge in [-0.1, -0.05) is 34.6 Å². The Morgan fingerprint density at radius 1 is 1.18 bits per heavy atom. The number of carbonyl (C=O) groups is 2. The van der Waals surface area contributed by atoms with Gasteiger partial charge in [0.1, 0.15) is 6.61 Å². The van der Waals surface area contributed by atoms with E-state index in [1.54, 1.807) is 0 Å². The lowest BCUT2D eigenvalue weighted by molar-refractivity contribution is -0.142. The Labute approximate surface area is 104 Å². The van der Waals surface area contributed by atoms with E-state index in [0.717, 1.165) is 6.42 Å². The quantitative estimate of drug-likeness (QED) is 0.594. The molecule has 100 valence electrons. The summed E-state index contributed by atoms with van der Waals surface area (Å²) in [7, 11) is 0. The molecule has 0 spiro atoms. The van der Waals surface area contributed by atoms with Crippen LogP contribution in [0.5, 0.6) is 0 Å². The molecule has 0 heterocycles. The molecule has 17 heavy (non-hydrogen) atoms. The minimum absolute atomic E-state index is 0.0136. The van der Waals surface area contributed by atoms with Gasteiger partial charge in [-0.05, 0) is 11.8 Å². The fourth-order valence-corrected chi connectivity index (χ4v) is 1.59. The van der Waals surface area contributed by atoms with E-state index in [1.807, 2.05) is 13.8 Å². The molecule has 0 fully saturated rings. The van der Waals surface area contributed by atoms with Gasteiger partial charge in [-0.15, -0.1) is 0 Å². The molecule has 0 saturated heterocycles. The molecule has 1 unspecified atom stereocenters. The van der Waals surface area contributed by atoms with Crippen LogP contribution in [0, 0.1) is 10.8 Å². The predicted octanol–water partition coefficient (Wildman–Crippen LogP) is 2.13. The molecule has 0 aromatic rings. The van der Waals surface area contributed by atoms with Crippen LogP contribution in [0.4, 0.5) is 0 Å². The van der Waals surface area contributed by atoms with Crippen LogP contribution >= 0.6 is 0 Å². The van der Waals surface area contributed by atoms with Gasteiger partial charge in [0.2, 0.25) is 5.91 Å². The topological polar surface area (TPSA) is 55.4 Å². The van der Waals surface area contributed by atoms with Crippen molar-refractivity contribution >= 4 is 11.9 Å². The molecular formula is C13H25NO3. The van der Waals surface area contributed by atoms with Gasteiger partial charge in [0.05, 0.1) is 12.0 Å². The number of hydrogen-bond acceptors (Lipinski definition) is 3. The molecule has 1 N–H and O–H groups in total. The van der Waals surface area contributed by atoms with E-state index in [0.29, 0.717) is 6.54 Å². The van der Waals surface area contributed by atoms with Crippen molar-refractivity contribution in [2.45, 2.75) is 48.0 Å². The number of ether oxygens (including phenoxy) is 1. The first-order valence-electron chi connectivity index (χ1n) is 6.07. The van der Waals surface area contributed by atoms with Gasteiger partial charge in [-0.2, -0.15) is 0 Å². The maximum atomic E-state index is 12.1. The van der Waals surface area contributed by atoms with Crippen LogP contribution in [-0.2, 0) is 14.3 Å². The van der Waals surface area contributed by atoms with Crippen molar-refractivity contribution in [3.63, 3.8) is 0 Å². The van der Waals surface area contributed by atoms with Crippen LogP contribution in [0.15, 0.2) is 0 Å². The van der Waals surface area contributed by atoms with Crippen molar-refractivity contribution in [1.82, 2.24) is 5.32 Å². The van der Waals surface area contributed by atoms with Crippen molar-refractivity contribution in [2.75, 3.05) is 13.2 Å². The van der Waals surface area contributed by atoms with Gasteiger partial charge < -0.3 is 10.1 Å². The maximum absolute atomic E-state index is 12.1. The highest BCUT2D eigenvalue weighted by molar-refractivity contribution is 5.83. The highest BCUT2D eigenvalue weighted by Crippen LogP contribution is 2.41. The Hall–Kier alpha value is -1.06. The maximum Gasteiger partial charge on any atom is 0.302 e. The first-order valence-corrected chi connectivity index (χ1v) is 6.07. The average molecular weight is 243 g/mol. The van der Waals surface area contributed by atoms with Crippen molar-refractivity contribution in [1.29, 1.82) is 0 Å². The highest BCUT2D eigenvalue weighted by atomic mass is 16.5. The Kier molecular flexibility index (Phi) is 5.66. The van der Waals surface area contributed by atoms with Gasteiger partial charge in [0, 0.05) is 6.92 Å². The van der Waals surface area contributed by atoms with Gasteiger partial charge in [0.25, 0.3) is 0 Å². The Morgan fingerprint density at radius 2 is 1.71 bits per heavy atom. The monoisotopic (exact) mass is 243 g/mol. The molecule has 0 saturated carbocycles. The summed E-state index contributed by atoms with van der Waals surface area (Å²) in [6.07, 6.45) is 0.774. The van der Waals surface area contributed by atoms with Crippen molar-refractivity contribution in [2.24, 2.45) is 10.8 Å². The summed E-state index contributed by atoms with van der Waals surface area (Å²) in [5.41, 5.74) is -0.517. The molecule has 4 nitrogen and oxygen atoms in total. The molecule has 0 rings (SSSR count). The van der Waals surface area contributed by atoms with E-state index in [-0.39, 0.29) is 23.9 Å². The Morgan fingerprint density at radius 3 is 2.06 bits per heavy atom. The highest BCUT2D eigenvalue weighted by Gasteiger charge is 2.42. The molecule has 0 aromatic heterocycles. The van der Waals surface area contributed by atoms with Crippen molar-refractivity contribution in [3.8, 4) is 0 Å². The zero-order chi connectivity index (χ0) is 13.7. The Balaban J connectivity index is 4.33. The largest absolute Gasteiger partial charge is 0.464 e. The summed E-state index contributed by atoms with van der Waals surface area (Å²) in [5.74, 6) is -0.312. The normalized spacial score (nSPS) is 14.9. The van der Waals surface area contributed by atoms with Crippen LogP contribution in [0.1, 0.15) is 48.0 Å². The van der Waals surface area contributed by atoms with Crippen molar-refractivity contribution in [3.05, 3.63) is 0 Å². The molecule has 0 bridgehead atoms. The van der Waals surface area contributed by atoms with Gasteiger partial charge in [-0.3, -0.25) is 9.59 Å². The van der Waals surface area contributed by atoms with Gasteiger partial charge >= 0.3 is 5.97 Å². The van der Waals surface area contributed by atoms with Gasteiger partial charge in [0.15, 0.2) is 0 Å². The molecular weight excluding hydrogens is 218 g/mol. The summed E-state index contributed by atoms with van der Waals surface area (Å²) in [5, 5.41) is 2.82. The molecule has 1 atom stereocenters. The summed E-state index contributed by atoms with van der Waals surface area (Å²) in [4.78, 5) is 22.7. The molecule has 0 radical (unpaired) electrons. The van der Waals surface area contributed by atoms with Crippen LogP contribution in [0.2, 0.25) is 0 Å². The SMILES string of the molecule is CCC(C)(C(=O)NCCOC(C)=O)C(C)(C)C. The zero-order valence-electron chi connectivity index (χ0n) is 11.8. The number of carbonyl (C=O) groups excluding carboxylic acids is 2. The number of nitrogens with one attached hydrogen (secondary N) is 1. The zero-order valence-corrected chi connectivity index (χ0v) is 11.8. The minimum atomic E-state index is -0.413. The molecule has 0 aliphatic rings. The molecule has 0 aromatic carbocycles. The standard InChI is InChI=1S/C13H25NO3/c1-7-13(6,12(3,4)5)11(16)14-8-9-17-10(2)15/h7-9H2,1-6H3,(H,14,16). The predicted molar refractivity (Wildman–Crippen MR) is 67.5 cm³/mol. The van der Waals surface area contributed by atoms with E-state index < -0.39 is 5.41 Å². The van der Waals surface area contributed by atoms with Crippen molar-refractivity contribution < 1.29 is 14.3 Å². The molecule has 1 amide bonds. The summed E-state index contributed by atoms with van der Waals surface area (Å²) >= 11 is 0. The number of esters is 1. The fourth-order valence-electron chi connectivity index (χ4n) is 1.59. The third kappa shape index (κ3) is 4.36. The third-order valence-corrected chi connectivity index (χ3v) is 3.56. The Bertz CT molecular complexity index is 281. The lowest BCUT2D eigenvalue weighted by Crippen LogP contribution is -2.47. The van der Waals surface area contributed by atoms with Crippen LogP contribution in [0.3, 0.4) is 0 Å². The first-order chi connectivity index (χ1) is 7.65. The van der Waals surface area contributed by atoms with E-state index in [1.165, 1.54) is 6.92 Å². The van der Waals surface area contributed by atoms with E-state index in [2.05, 4.69) is 26.1 Å². The summed E-state index contributed by atoms with van der Waals surface area (Å²) < 4.78 is 4.77. The second-order valence-electron chi connectivity index (χ2n) is 5.53. The van der Waals surface area contributed by atoms with Crippen LogP contribution in [0.25, 0.3) is 0 Å². The average Bonchev–Trinajstić information content (AvgIpc) is 2.20. The van der Waals surface area contributed by atoms with E-state index >= 15 is 0 Å². The molecule has 4 heteroatoms. The molecule has 0 aliphatic heterocycles.